The van der Waals surface area contributed by atoms with Gasteiger partial charge in [0.1, 0.15) is 5.25 Å². The Morgan fingerprint density at radius 3 is 2.88 bits per heavy atom. The normalized spacial score (nSPS) is 26.8. The van der Waals surface area contributed by atoms with Crippen molar-refractivity contribution in [3.63, 3.8) is 0 Å². The predicted octanol–water partition coefficient (Wildman–Crippen LogP) is 1.34. The third-order valence-corrected chi connectivity index (χ3v) is 3.94. The Morgan fingerprint density at radius 1 is 1.25 bits per heavy atom. The standard InChI is InChI=1S/C12H18N2OS/c1-13-6-4-7-14(9-8-13)12(15)11-5-2-3-10-16-11/h2-3,5,10-11H,4,6-9H2,1H3. The van der Waals surface area contributed by atoms with Gasteiger partial charge in [-0.2, -0.15) is 0 Å². The quantitative estimate of drug-likeness (QED) is 0.688. The summed E-state index contributed by atoms with van der Waals surface area (Å²) in [5, 5.41) is 1.99. The van der Waals surface area contributed by atoms with Gasteiger partial charge in [-0.15, -0.1) is 11.8 Å². The van der Waals surface area contributed by atoms with Crippen LogP contribution in [-0.4, -0.2) is 54.2 Å². The van der Waals surface area contributed by atoms with Crippen molar-refractivity contribution in [3.05, 3.63) is 23.6 Å². The second-order valence-electron chi connectivity index (χ2n) is 4.25. The van der Waals surface area contributed by atoms with Gasteiger partial charge in [-0.05, 0) is 25.4 Å². The molecule has 4 heteroatoms. The molecule has 0 aromatic rings. The fraction of sp³-hybridized carbons (Fsp3) is 0.583. The third kappa shape index (κ3) is 2.89. The molecule has 3 nitrogen and oxygen atoms in total. The lowest BCUT2D eigenvalue weighted by Gasteiger charge is -2.24. The molecule has 2 aliphatic rings. The monoisotopic (exact) mass is 238 g/mol. The van der Waals surface area contributed by atoms with Crippen LogP contribution in [0.15, 0.2) is 23.6 Å². The van der Waals surface area contributed by atoms with Crippen LogP contribution in [0.25, 0.3) is 0 Å². The number of likely N-dealkylation sites (N-methyl/N-ethyl adjacent to an activating group) is 1. The van der Waals surface area contributed by atoms with Gasteiger partial charge in [-0.1, -0.05) is 18.2 Å². The van der Waals surface area contributed by atoms with Crippen molar-refractivity contribution in [3.8, 4) is 0 Å². The number of thioether (sulfide) groups is 1. The SMILES string of the molecule is CN1CCCN(C(=O)C2C=CC=CS2)CC1. The number of amides is 1. The van der Waals surface area contributed by atoms with Gasteiger partial charge in [0.25, 0.3) is 0 Å². The van der Waals surface area contributed by atoms with Crippen molar-refractivity contribution >= 4 is 17.7 Å². The van der Waals surface area contributed by atoms with Gasteiger partial charge in [0.2, 0.25) is 5.91 Å². The molecule has 0 aromatic carbocycles. The van der Waals surface area contributed by atoms with Gasteiger partial charge in [0, 0.05) is 19.6 Å². The molecule has 0 aromatic heterocycles. The first kappa shape index (κ1) is 11.7. The lowest BCUT2D eigenvalue weighted by Crippen LogP contribution is -2.39. The summed E-state index contributed by atoms with van der Waals surface area (Å²) in [7, 11) is 2.12. The van der Waals surface area contributed by atoms with E-state index in [0.29, 0.717) is 0 Å². The summed E-state index contributed by atoms with van der Waals surface area (Å²) in [6.07, 6.45) is 7.01. The molecule has 2 heterocycles. The zero-order valence-corrected chi connectivity index (χ0v) is 10.4. The van der Waals surface area contributed by atoms with E-state index in [-0.39, 0.29) is 11.2 Å². The minimum Gasteiger partial charge on any atom is -0.340 e. The number of carbonyl (C=O) groups excluding carboxylic acids is 1. The van der Waals surface area contributed by atoms with E-state index in [1.165, 1.54) is 0 Å². The van der Waals surface area contributed by atoms with Crippen LogP contribution in [-0.2, 0) is 4.79 Å². The molecule has 88 valence electrons. The zero-order valence-electron chi connectivity index (χ0n) is 9.63. The van der Waals surface area contributed by atoms with Crippen molar-refractivity contribution in [2.75, 3.05) is 33.2 Å². The van der Waals surface area contributed by atoms with Crippen LogP contribution in [0, 0.1) is 0 Å². The lowest BCUT2D eigenvalue weighted by molar-refractivity contribution is -0.129. The molecule has 1 fully saturated rings. The maximum absolute atomic E-state index is 12.2. The van der Waals surface area contributed by atoms with E-state index in [0.717, 1.165) is 32.6 Å². The average Bonchev–Trinajstić information content (AvgIpc) is 2.54. The molecule has 0 N–H and O–H groups in total. The minimum atomic E-state index is -0.00611. The van der Waals surface area contributed by atoms with Gasteiger partial charge in [0.05, 0.1) is 0 Å². The molecular formula is C12H18N2OS. The van der Waals surface area contributed by atoms with E-state index in [2.05, 4.69) is 11.9 Å². The maximum Gasteiger partial charge on any atom is 0.239 e. The van der Waals surface area contributed by atoms with Crippen molar-refractivity contribution in [1.82, 2.24) is 9.80 Å². The van der Waals surface area contributed by atoms with Crippen molar-refractivity contribution in [2.24, 2.45) is 0 Å². The molecule has 1 saturated heterocycles. The first-order valence-electron chi connectivity index (χ1n) is 5.73. The number of rotatable bonds is 1. The van der Waals surface area contributed by atoms with Gasteiger partial charge in [-0.25, -0.2) is 0 Å². The van der Waals surface area contributed by atoms with E-state index in [4.69, 9.17) is 0 Å². The van der Waals surface area contributed by atoms with Crippen LogP contribution in [0.2, 0.25) is 0 Å². The summed E-state index contributed by atoms with van der Waals surface area (Å²) in [4.78, 5) is 16.5. The first-order valence-corrected chi connectivity index (χ1v) is 6.68. The highest BCUT2D eigenvalue weighted by Gasteiger charge is 2.24. The van der Waals surface area contributed by atoms with Crippen LogP contribution in [0.5, 0.6) is 0 Å². The van der Waals surface area contributed by atoms with E-state index < -0.39 is 0 Å². The van der Waals surface area contributed by atoms with Gasteiger partial charge < -0.3 is 9.80 Å². The molecule has 0 aliphatic carbocycles. The molecule has 16 heavy (non-hydrogen) atoms. The van der Waals surface area contributed by atoms with E-state index in [1.54, 1.807) is 11.8 Å². The fourth-order valence-electron chi connectivity index (χ4n) is 1.97. The minimum absolute atomic E-state index is 0.00611. The number of allylic oxidation sites excluding steroid dienone is 2. The number of hydrogen-bond acceptors (Lipinski definition) is 3. The van der Waals surface area contributed by atoms with Crippen molar-refractivity contribution in [2.45, 2.75) is 11.7 Å². The van der Waals surface area contributed by atoms with Crippen LogP contribution in [0.1, 0.15) is 6.42 Å². The molecule has 0 saturated carbocycles. The largest absolute Gasteiger partial charge is 0.340 e. The summed E-state index contributed by atoms with van der Waals surface area (Å²) >= 11 is 1.60. The van der Waals surface area contributed by atoms with E-state index in [9.17, 15) is 4.79 Å². The Hall–Kier alpha value is -0.740. The Kier molecular flexibility index (Phi) is 4.07. The van der Waals surface area contributed by atoms with Crippen LogP contribution >= 0.6 is 11.8 Å². The van der Waals surface area contributed by atoms with Crippen LogP contribution < -0.4 is 0 Å². The molecule has 2 aliphatic heterocycles. The molecular weight excluding hydrogens is 220 g/mol. The molecule has 1 unspecified atom stereocenters. The molecule has 1 atom stereocenters. The first-order chi connectivity index (χ1) is 7.77. The topological polar surface area (TPSA) is 23.6 Å². The Bertz CT molecular complexity index is 314. The molecule has 1 amide bonds. The number of carbonyl (C=O) groups is 1. The van der Waals surface area contributed by atoms with E-state index >= 15 is 0 Å². The summed E-state index contributed by atoms with van der Waals surface area (Å²) in [5.74, 6) is 0.265. The summed E-state index contributed by atoms with van der Waals surface area (Å²) < 4.78 is 0. The van der Waals surface area contributed by atoms with Crippen LogP contribution in [0.3, 0.4) is 0 Å². The highest BCUT2D eigenvalue weighted by atomic mass is 32.2. The summed E-state index contributed by atoms with van der Waals surface area (Å²) in [6, 6.07) is 0. The smallest absolute Gasteiger partial charge is 0.239 e. The summed E-state index contributed by atoms with van der Waals surface area (Å²) in [6.45, 7) is 3.85. The van der Waals surface area contributed by atoms with Crippen molar-refractivity contribution < 1.29 is 4.79 Å². The molecule has 0 radical (unpaired) electrons. The predicted molar refractivity (Wildman–Crippen MR) is 68.4 cm³/mol. The highest BCUT2D eigenvalue weighted by molar-refractivity contribution is 8.03. The van der Waals surface area contributed by atoms with Gasteiger partial charge >= 0.3 is 0 Å². The fourth-order valence-corrected chi connectivity index (χ4v) is 2.77. The average molecular weight is 238 g/mol. The number of nitrogens with zero attached hydrogens (tertiary/aromatic N) is 2. The Balaban J connectivity index is 1.93. The lowest BCUT2D eigenvalue weighted by atomic mass is 10.3. The maximum atomic E-state index is 12.2. The van der Waals surface area contributed by atoms with Crippen LogP contribution in [0.4, 0.5) is 0 Å². The molecule has 0 spiro atoms. The van der Waals surface area contributed by atoms with Gasteiger partial charge in [0.15, 0.2) is 0 Å². The van der Waals surface area contributed by atoms with Gasteiger partial charge in [-0.3, -0.25) is 4.79 Å². The second-order valence-corrected chi connectivity index (χ2v) is 5.30. The van der Waals surface area contributed by atoms with Crippen molar-refractivity contribution in [1.29, 1.82) is 0 Å². The zero-order chi connectivity index (χ0) is 11.4. The Morgan fingerprint density at radius 2 is 2.12 bits per heavy atom. The summed E-state index contributed by atoms with van der Waals surface area (Å²) in [5.41, 5.74) is 0. The number of hydrogen-bond donors (Lipinski definition) is 0. The Labute approximate surface area is 101 Å². The van der Waals surface area contributed by atoms with E-state index in [1.807, 2.05) is 28.5 Å². The molecule has 2 rings (SSSR count). The second kappa shape index (κ2) is 5.55. The highest BCUT2D eigenvalue weighted by Crippen LogP contribution is 2.20. The molecule has 0 bridgehead atoms. The third-order valence-electron chi connectivity index (χ3n) is 2.98.